The molecule has 0 spiro atoms. The van der Waals surface area contributed by atoms with Crippen LogP contribution in [0, 0.1) is 0 Å². The average Bonchev–Trinajstić information content (AvgIpc) is 2.62. The SMILES string of the molecule is CCC/C(NC)=C1/C=C(SC)SS1. The lowest BCUT2D eigenvalue weighted by atomic mass is 10.2. The van der Waals surface area contributed by atoms with E-state index in [2.05, 4.69) is 24.6 Å². The van der Waals surface area contributed by atoms with Gasteiger partial charge < -0.3 is 5.32 Å². The van der Waals surface area contributed by atoms with Crippen LogP contribution in [-0.4, -0.2) is 13.3 Å². The van der Waals surface area contributed by atoms with E-state index < -0.39 is 0 Å². The summed E-state index contributed by atoms with van der Waals surface area (Å²) in [5.74, 6) is 0. The van der Waals surface area contributed by atoms with Gasteiger partial charge in [-0.15, -0.1) is 11.8 Å². The summed E-state index contributed by atoms with van der Waals surface area (Å²) in [6, 6.07) is 0. The molecule has 74 valence electrons. The van der Waals surface area contributed by atoms with Crippen LogP contribution in [-0.2, 0) is 0 Å². The van der Waals surface area contributed by atoms with Crippen molar-refractivity contribution < 1.29 is 0 Å². The molecule has 1 N–H and O–H groups in total. The van der Waals surface area contributed by atoms with Gasteiger partial charge in [-0.2, -0.15) is 0 Å². The Morgan fingerprint density at radius 2 is 2.31 bits per heavy atom. The summed E-state index contributed by atoms with van der Waals surface area (Å²) >= 11 is 1.82. The maximum atomic E-state index is 3.28. The van der Waals surface area contributed by atoms with Crippen molar-refractivity contribution in [2.75, 3.05) is 13.3 Å². The Morgan fingerprint density at radius 3 is 2.77 bits per heavy atom. The Bertz CT molecular complexity index is 233. The highest BCUT2D eigenvalue weighted by atomic mass is 33.1. The average molecular weight is 233 g/mol. The maximum Gasteiger partial charge on any atom is 0.0523 e. The topological polar surface area (TPSA) is 12.0 Å². The third-order valence-corrected chi connectivity index (χ3v) is 5.59. The molecule has 1 heterocycles. The van der Waals surface area contributed by atoms with E-state index in [0.717, 1.165) is 6.42 Å². The molecule has 0 aromatic carbocycles. The molecule has 0 bridgehead atoms. The number of hydrogen-bond acceptors (Lipinski definition) is 4. The first-order valence-corrected chi connectivity index (χ1v) is 7.70. The molecule has 1 aliphatic rings. The van der Waals surface area contributed by atoms with E-state index in [0.29, 0.717) is 0 Å². The minimum atomic E-state index is 1.15. The van der Waals surface area contributed by atoms with Gasteiger partial charge in [-0.1, -0.05) is 24.1 Å². The summed E-state index contributed by atoms with van der Waals surface area (Å²) in [7, 11) is 5.74. The highest BCUT2D eigenvalue weighted by Gasteiger charge is 2.13. The number of nitrogens with one attached hydrogen (secondary N) is 1. The lowest BCUT2D eigenvalue weighted by Gasteiger charge is -2.06. The number of allylic oxidation sites excluding steroid dienone is 2. The second kappa shape index (κ2) is 5.94. The summed E-state index contributed by atoms with van der Waals surface area (Å²) < 4.78 is 1.41. The second-order valence-corrected chi connectivity index (χ2v) is 6.00. The van der Waals surface area contributed by atoms with Crippen LogP contribution < -0.4 is 5.32 Å². The van der Waals surface area contributed by atoms with Gasteiger partial charge in [-0.3, -0.25) is 0 Å². The lowest BCUT2D eigenvalue weighted by molar-refractivity contribution is 0.814. The van der Waals surface area contributed by atoms with Crippen LogP contribution in [0.4, 0.5) is 0 Å². The van der Waals surface area contributed by atoms with Crippen LogP contribution in [0.3, 0.4) is 0 Å². The molecule has 0 saturated heterocycles. The van der Waals surface area contributed by atoms with E-state index in [1.165, 1.54) is 21.3 Å². The second-order valence-electron chi connectivity index (χ2n) is 2.68. The summed E-state index contributed by atoms with van der Waals surface area (Å²) in [4.78, 5) is 1.40. The number of hydrogen-bond donors (Lipinski definition) is 1. The summed E-state index contributed by atoms with van der Waals surface area (Å²) in [6.45, 7) is 2.21. The van der Waals surface area contributed by atoms with E-state index in [9.17, 15) is 0 Å². The minimum Gasteiger partial charge on any atom is -0.390 e. The van der Waals surface area contributed by atoms with Gasteiger partial charge in [0.25, 0.3) is 0 Å². The van der Waals surface area contributed by atoms with Gasteiger partial charge in [0.2, 0.25) is 0 Å². The molecule has 0 saturated carbocycles. The van der Waals surface area contributed by atoms with Crippen molar-refractivity contribution in [3.63, 3.8) is 0 Å². The largest absolute Gasteiger partial charge is 0.390 e. The standard InChI is InChI=1S/C9H15NS3/c1-4-5-7(10-2)8-6-9(11-3)13-12-8/h6,10H,4-5H2,1-3H3/b8-7+. The van der Waals surface area contributed by atoms with Crippen LogP contribution in [0.1, 0.15) is 19.8 Å². The van der Waals surface area contributed by atoms with E-state index in [1.807, 2.05) is 40.4 Å². The zero-order valence-electron chi connectivity index (χ0n) is 8.22. The molecule has 0 amide bonds. The first kappa shape index (κ1) is 11.4. The van der Waals surface area contributed by atoms with Gasteiger partial charge in [-0.05, 0) is 29.5 Å². The van der Waals surface area contributed by atoms with Crippen molar-refractivity contribution >= 4 is 33.3 Å². The van der Waals surface area contributed by atoms with Gasteiger partial charge in [0.1, 0.15) is 0 Å². The van der Waals surface area contributed by atoms with E-state index in [-0.39, 0.29) is 0 Å². The van der Waals surface area contributed by atoms with E-state index in [1.54, 1.807) is 0 Å². The van der Waals surface area contributed by atoms with Crippen molar-refractivity contribution in [2.45, 2.75) is 19.8 Å². The zero-order chi connectivity index (χ0) is 9.68. The van der Waals surface area contributed by atoms with Gasteiger partial charge in [0.05, 0.1) is 4.24 Å². The molecule has 0 radical (unpaired) electrons. The molecule has 0 aromatic rings. The van der Waals surface area contributed by atoms with Gasteiger partial charge in [0, 0.05) is 17.6 Å². The lowest BCUT2D eigenvalue weighted by Crippen LogP contribution is -2.06. The predicted octanol–water partition coefficient (Wildman–Crippen LogP) is 3.82. The van der Waals surface area contributed by atoms with E-state index in [4.69, 9.17) is 0 Å². The summed E-state index contributed by atoms with van der Waals surface area (Å²) in [5, 5.41) is 3.28. The third kappa shape index (κ3) is 3.18. The van der Waals surface area contributed by atoms with Crippen LogP contribution in [0.2, 0.25) is 0 Å². The van der Waals surface area contributed by atoms with Crippen molar-refractivity contribution in [3.05, 3.63) is 20.9 Å². The molecular formula is C9H15NS3. The molecule has 1 nitrogen and oxygen atoms in total. The van der Waals surface area contributed by atoms with Crippen molar-refractivity contribution in [3.8, 4) is 0 Å². The Morgan fingerprint density at radius 1 is 1.54 bits per heavy atom. The Labute approximate surface area is 92.6 Å². The molecule has 13 heavy (non-hydrogen) atoms. The highest BCUT2D eigenvalue weighted by Crippen LogP contribution is 2.49. The van der Waals surface area contributed by atoms with E-state index >= 15 is 0 Å². The minimum absolute atomic E-state index is 1.15. The maximum absolute atomic E-state index is 3.28. The molecule has 0 unspecified atom stereocenters. The Balaban J connectivity index is 2.72. The molecule has 0 fully saturated rings. The molecule has 0 atom stereocenters. The highest BCUT2D eigenvalue weighted by molar-refractivity contribution is 8.82. The molecule has 4 heteroatoms. The third-order valence-electron chi connectivity index (χ3n) is 1.76. The Kier molecular flexibility index (Phi) is 5.21. The normalized spacial score (nSPS) is 20.1. The summed E-state index contributed by atoms with van der Waals surface area (Å²) in [6.07, 6.45) is 6.76. The quantitative estimate of drug-likeness (QED) is 0.741. The monoisotopic (exact) mass is 233 g/mol. The first-order chi connectivity index (χ1) is 6.31. The zero-order valence-corrected chi connectivity index (χ0v) is 10.7. The van der Waals surface area contributed by atoms with Crippen LogP contribution >= 0.6 is 33.3 Å². The van der Waals surface area contributed by atoms with Crippen LogP contribution in [0.25, 0.3) is 0 Å². The fraction of sp³-hybridized carbons (Fsp3) is 0.556. The fourth-order valence-corrected chi connectivity index (χ4v) is 4.58. The molecule has 0 aromatic heterocycles. The summed E-state index contributed by atoms with van der Waals surface area (Å²) in [5.41, 5.74) is 1.38. The number of rotatable bonds is 4. The number of thioether (sulfide) groups is 1. The smallest absolute Gasteiger partial charge is 0.0523 e. The van der Waals surface area contributed by atoms with Crippen LogP contribution in [0.5, 0.6) is 0 Å². The van der Waals surface area contributed by atoms with Gasteiger partial charge in [-0.25, -0.2) is 0 Å². The molecule has 1 rings (SSSR count). The van der Waals surface area contributed by atoms with Crippen molar-refractivity contribution in [2.24, 2.45) is 0 Å². The van der Waals surface area contributed by atoms with Crippen molar-refractivity contribution in [1.29, 1.82) is 0 Å². The van der Waals surface area contributed by atoms with Crippen molar-refractivity contribution in [1.82, 2.24) is 5.32 Å². The van der Waals surface area contributed by atoms with Crippen LogP contribution in [0.15, 0.2) is 20.9 Å². The van der Waals surface area contributed by atoms with Gasteiger partial charge >= 0.3 is 0 Å². The van der Waals surface area contributed by atoms with Gasteiger partial charge in [0.15, 0.2) is 0 Å². The fourth-order valence-electron chi connectivity index (χ4n) is 1.09. The first-order valence-electron chi connectivity index (χ1n) is 4.33. The predicted molar refractivity (Wildman–Crippen MR) is 67.8 cm³/mol. The molecule has 0 aliphatic carbocycles. The molecule has 1 aliphatic heterocycles. The molecular weight excluding hydrogens is 218 g/mol. The Hall–Kier alpha value is 0.330.